The first-order chi connectivity index (χ1) is 13.4. The molecular weight excluding hydrogens is 362 g/mol. The van der Waals surface area contributed by atoms with Crippen LogP contribution in [0.15, 0.2) is 42.5 Å². The minimum atomic E-state index is -1.56. The highest BCUT2D eigenvalue weighted by molar-refractivity contribution is 5.91. The molecule has 28 heavy (non-hydrogen) atoms. The molecule has 0 bridgehead atoms. The fourth-order valence-corrected chi connectivity index (χ4v) is 2.13. The van der Waals surface area contributed by atoms with E-state index in [-0.39, 0.29) is 12.5 Å². The number of unbranched alkanes of at least 4 members (excludes halogenated alkanes) is 3. The summed E-state index contributed by atoms with van der Waals surface area (Å²) in [6.45, 7) is 5.97. The maximum atomic E-state index is 11.4. The van der Waals surface area contributed by atoms with Crippen molar-refractivity contribution in [2.45, 2.75) is 38.9 Å². The number of carbonyl (C=O) groups is 2. The molecule has 0 aromatic heterocycles. The highest BCUT2D eigenvalue weighted by Gasteiger charge is 2.02. The molecule has 0 heterocycles. The number of benzene rings is 1. The van der Waals surface area contributed by atoms with Crippen LogP contribution < -0.4 is 10.1 Å². The van der Waals surface area contributed by atoms with Crippen LogP contribution in [0, 0.1) is 0 Å². The van der Waals surface area contributed by atoms with Gasteiger partial charge < -0.3 is 25.0 Å². The zero-order valence-electron chi connectivity index (χ0n) is 16.2. The molecule has 0 atom stereocenters. The Hall–Kier alpha value is -2.64. The molecule has 0 unspecified atom stereocenters. The van der Waals surface area contributed by atoms with E-state index in [0.717, 1.165) is 37.0 Å². The zero-order valence-corrected chi connectivity index (χ0v) is 16.2. The fourth-order valence-electron chi connectivity index (χ4n) is 2.13. The third kappa shape index (κ3) is 11.2. The van der Waals surface area contributed by atoms with E-state index < -0.39 is 12.2 Å². The van der Waals surface area contributed by atoms with Crippen molar-refractivity contribution in [2.24, 2.45) is 0 Å². The van der Waals surface area contributed by atoms with Crippen molar-refractivity contribution in [1.29, 1.82) is 0 Å². The fraction of sp³-hybridized carbons (Fsp3) is 0.429. The molecule has 1 aromatic carbocycles. The maximum Gasteiger partial charge on any atom is 0.333 e. The van der Waals surface area contributed by atoms with Crippen molar-refractivity contribution in [2.75, 3.05) is 19.8 Å². The largest absolute Gasteiger partial charge is 0.494 e. The first-order valence-electron chi connectivity index (χ1n) is 9.26. The van der Waals surface area contributed by atoms with E-state index in [1.165, 1.54) is 6.08 Å². The minimum absolute atomic E-state index is 0.213. The lowest BCUT2D eigenvalue weighted by atomic mass is 10.2. The van der Waals surface area contributed by atoms with Crippen molar-refractivity contribution >= 4 is 18.0 Å². The Balaban J connectivity index is 2.15. The molecule has 1 amide bonds. The number of carbonyl (C=O) groups excluding carboxylic acids is 2. The first-order valence-corrected chi connectivity index (χ1v) is 9.26. The molecule has 1 aromatic rings. The van der Waals surface area contributed by atoms with Gasteiger partial charge in [-0.25, -0.2) is 4.79 Å². The van der Waals surface area contributed by atoms with E-state index in [2.05, 4.69) is 11.9 Å². The molecule has 0 aliphatic heterocycles. The van der Waals surface area contributed by atoms with Crippen molar-refractivity contribution in [1.82, 2.24) is 5.32 Å². The maximum absolute atomic E-state index is 11.4. The number of aliphatic hydroxyl groups is 2. The van der Waals surface area contributed by atoms with Crippen molar-refractivity contribution in [3.63, 3.8) is 0 Å². The Bertz CT molecular complexity index is 651. The summed E-state index contributed by atoms with van der Waals surface area (Å²) in [4.78, 5) is 22.6. The number of hydrogen-bond donors (Lipinski definition) is 3. The zero-order chi connectivity index (χ0) is 20.8. The standard InChI is InChI=1S/C21H29NO6/c1-16(2)21(26)28-14-6-4-3-5-13-27-18-10-7-17(8-11-18)9-12-19(23)22-15-20(24)25/h7-12,20,24-25H,1,3-6,13-15H2,2H3,(H,22,23)/b12-9+. The molecule has 0 aliphatic rings. The van der Waals surface area contributed by atoms with Crippen LogP contribution in [-0.4, -0.2) is 48.1 Å². The second-order valence-electron chi connectivity index (χ2n) is 6.31. The van der Waals surface area contributed by atoms with Gasteiger partial charge in [0.1, 0.15) is 5.75 Å². The highest BCUT2D eigenvalue weighted by atomic mass is 16.5. The second kappa shape index (κ2) is 13.5. The molecular formula is C21H29NO6. The highest BCUT2D eigenvalue weighted by Crippen LogP contribution is 2.14. The molecule has 0 fully saturated rings. The van der Waals surface area contributed by atoms with Crippen LogP contribution >= 0.6 is 0 Å². The van der Waals surface area contributed by atoms with E-state index in [1.807, 2.05) is 24.3 Å². The summed E-state index contributed by atoms with van der Waals surface area (Å²) in [5, 5.41) is 19.7. The average molecular weight is 391 g/mol. The van der Waals surface area contributed by atoms with Crippen LogP contribution in [0.4, 0.5) is 0 Å². The molecule has 154 valence electrons. The van der Waals surface area contributed by atoms with Gasteiger partial charge in [0, 0.05) is 11.6 Å². The lowest BCUT2D eigenvalue weighted by Crippen LogP contribution is -2.30. The number of hydrogen-bond acceptors (Lipinski definition) is 6. The summed E-state index contributed by atoms with van der Waals surface area (Å²) in [5.74, 6) is 0.00873. The van der Waals surface area contributed by atoms with Crippen LogP contribution in [0.3, 0.4) is 0 Å². The predicted octanol–water partition coefficient (Wildman–Crippen LogP) is 2.19. The van der Waals surface area contributed by atoms with Gasteiger partial charge in [-0.15, -0.1) is 0 Å². The Morgan fingerprint density at radius 2 is 1.75 bits per heavy atom. The second-order valence-corrected chi connectivity index (χ2v) is 6.31. The molecule has 1 rings (SSSR count). The van der Waals surface area contributed by atoms with Gasteiger partial charge in [0.15, 0.2) is 6.29 Å². The predicted molar refractivity (Wildman–Crippen MR) is 106 cm³/mol. The Kier molecular flexibility index (Phi) is 11.3. The molecule has 0 aliphatic carbocycles. The van der Waals surface area contributed by atoms with Gasteiger partial charge in [-0.2, -0.15) is 0 Å². The summed E-state index contributed by atoms with van der Waals surface area (Å²) in [5.41, 5.74) is 1.25. The molecule has 0 radical (unpaired) electrons. The third-order valence-electron chi connectivity index (χ3n) is 3.66. The number of esters is 1. The van der Waals surface area contributed by atoms with Crippen LogP contribution in [0.25, 0.3) is 6.08 Å². The van der Waals surface area contributed by atoms with Gasteiger partial charge in [0.25, 0.3) is 0 Å². The Labute approximate surface area is 165 Å². The smallest absolute Gasteiger partial charge is 0.333 e. The van der Waals surface area contributed by atoms with E-state index in [4.69, 9.17) is 19.7 Å². The Morgan fingerprint density at radius 3 is 2.36 bits per heavy atom. The van der Waals surface area contributed by atoms with Gasteiger partial charge in [-0.3, -0.25) is 4.79 Å². The summed E-state index contributed by atoms with van der Waals surface area (Å²) in [7, 11) is 0. The van der Waals surface area contributed by atoms with Crippen molar-refractivity contribution in [3.8, 4) is 5.75 Å². The third-order valence-corrected chi connectivity index (χ3v) is 3.66. The minimum Gasteiger partial charge on any atom is -0.494 e. The average Bonchev–Trinajstić information content (AvgIpc) is 2.67. The number of aliphatic hydroxyl groups excluding tert-OH is 1. The van der Waals surface area contributed by atoms with Crippen LogP contribution in [0.5, 0.6) is 5.75 Å². The first kappa shape index (κ1) is 23.4. The lowest BCUT2D eigenvalue weighted by molar-refractivity contribution is -0.139. The summed E-state index contributed by atoms with van der Waals surface area (Å²) in [6.07, 6.45) is 5.08. The topological polar surface area (TPSA) is 105 Å². The molecule has 0 saturated heterocycles. The van der Waals surface area contributed by atoms with E-state index in [0.29, 0.717) is 18.8 Å². The molecule has 3 N–H and O–H groups in total. The molecule has 0 spiro atoms. The van der Waals surface area contributed by atoms with E-state index >= 15 is 0 Å². The van der Waals surface area contributed by atoms with Crippen molar-refractivity contribution < 1.29 is 29.3 Å². The monoisotopic (exact) mass is 391 g/mol. The van der Waals surface area contributed by atoms with Gasteiger partial charge in [-0.05, 0) is 56.4 Å². The van der Waals surface area contributed by atoms with Crippen LogP contribution in [-0.2, 0) is 14.3 Å². The van der Waals surface area contributed by atoms with E-state index in [9.17, 15) is 9.59 Å². The van der Waals surface area contributed by atoms with Gasteiger partial charge in [0.05, 0.1) is 19.8 Å². The summed E-state index contributed by atoms with van der Waals surface area (Å²) >= 11 is 0. The quantitative estimate of drug-likeness (QED) is 0.206. The van der Waals surface area contributed by atoms with Crippen LogP contribution in [0.2, 0.25) is 0 Å². The number of amides is 1. The molecule has 7 heteroatoms. The summed E-state index contributed by atoms with van der Waals surface area (Å²) in [6, 6.07) is 7.31. The lowest BCUT2D eigenvalue weighted by Gasteiger charge is -2.07. The normalized spacial score (nSPS) is 10.9. The van der Waals surface area contributed by atoms with Crippen molar-refractivity contribution in [3.05, 3.63) is 48.1 Å². The van der Waals surface area contributed by atoms with Crippen LogP contribution in [0.1, 0.15) is 38.2 Å². The number of rotatable bonds is 13. The van der Waals surface area contributed by atoms with E-state index in [1.54, 1.807) is 13.0 Å². The molecule has 0 saturated carbocycles. The van der Waals surface area contributed by atoms with Gasteiger partial charge in [-0.1, -0.05) is 18.7 Å². The number of ether oxygens (including phenoxy) is 2. The van der Waals surface area contributed by atoms with Gasteiger partial charge in [0.2, 0.25) is 5.91 Å². The SMILES string of the molecule is C=C(C)C(=O)OCCCCCCOc1ccc(/C=C/C(=O)NCC(O)O)cc1. The van der Waals surface area contributed by atoms with Gasteiger partial charge >= 0.3 is 5.97 Å². The Morgan fingerprint density at radius 1 is 1.11 bits per heavy atom. The molecule has 7 nitrogen and oxygen atoms in total. The number of nitrogens with one attached hydrogen (secondary N) is 1. The summed E-state index contributed by atoms with van der Waals surface area (Å²) < 4.78 is 10.7.